The van der Waals surface area contributed by atoms with Gasteiger partial charge in [0.05, 0.1) is 5.52 Å². The summed E-state index contributed by atoms with van der Waals surface area (Å²) in [6.07, 6.45) is -5.76. The first-order chi connectivity index (χ1) is 8.23. The number of aromatic nitrogens is 2. The van der Waals surface area contributed by atoms with Crippen molar-refractivity contribution >= 4 is 16.7 Å². The van der Waals surface area contributed by atoms with E-state index in [0.29, 0.717) is 0 Å². The van der Waals surface area contributed by atoms with Gasteiger partial charge < -0.3 is 5.73 Å². The fraction of sp³-hybridized carbons (Fsp3) is 0.200. The Morgan fingerprint density at radius 1 is 0.944 bits per heavy atom. The molecule has 0 aliphatic heterocycles. The SMILES string of the molecule is Nc1nc(C(F)(F)C(F)(F)F)nc2ccccc12. The summed E-state index contributed by atoms with van der Waals surface area (Å²) in [5.74, 6) is -7.20. The Morgan fingerprint density at radius 2 is 1.56 bits per heavy atom. The highest BCUT2D eigenvalue weighted by molar-refractivity contribution is 5.87. The van der Waals surface area contributed by atoms with E-state index in [-0.39, 0.29) is 10.9 Å². The first-order valence-corrected chi connectivity index (χ1v) is 4.71. The van der Waals surface area contributed by atoms with Crippen LogP contribution in [0.2, 0.25) is 0 Å². The van der Waals surface area contributed by atoms with Gasteiger partial charge in [-0.1, -0.05) is 12.1 Å². The molecule has 0 spiro atoms. The minimum atomic E-state index is -5.76. The monoisotopic (exact) mass is 263 g/mol. The molecule has 0 radical (unpaired) electrons. The number of benzene rings is 1. The number of hydrogen-bond donors (Lipinski definition) is 1. The van der Waals surface area contributed by atoms with E-state index in [2.05, 4.69) is 9.97 Å². The number of fused-ring (bicyclic) bond motifs is 1. The number of anilines is 1. The molecule has 8 heteroatoms. The molecule has 18 heavy (non-hydrogen) atoms. The fourth-order valence-corrected chi connectivity index (χ4v) is 1.37. The van der Waals surface area contributed by atoms with Crippen LogP contribution < -0.4 is 5.73 Å². The number of alkyl halides is 5. The molecule has 2 N–H and O–H groups in total. The Hall–Kier alpha value is -1.99. The first-order valence-electron chi connectivity index (χ1n) is 4.71. The smallest absolute Gasteiger partial charge is 0.383 e. The molecule has 0 fully saturated rings. The Morgan fingerprint density at radius 3 is 2.17 bits per heavy atom. The minimum Gasteiger partial charge on any atom is -0.383 e. The standard InChI is InChI=1S/C10H6F5N3/c11-9(12,10(13,14)15)8-17-6-4-2-1-3-5(6)7(16)18-8/h1-4H,(H2,16,17,18). The average molecular weight is 263 g/mol. The predicted octanol–water partition coefficient (Wildman–Crippen LogP) is 2.87. The Kier molecular flexibility index (Phi) is 2.60. The third-order valence-corrected chi connectivity index (χ3v) is 2.27. The van der Waals surface area contributed by atoms with Gasteiger partial charge in [0.15, 0.2) is 0 Å². The summed E-state index contributed by atoms with van der Waals surface area (Å²) in [5.41, 5.74) is 5.28. The second-order valence-corrected chi connectivity index (χ2v) is 3.52. The van der Waals surface area contributed by atoms with Crippen LogP contribution in [0.4, 0.5) is 27.8 Å². The van der Waals surface area contributed by atoms with Gasteiger partial charge in [0.2, 0.25) is 5.82 Å². The van der Waals surface area contributed by atoms with Crippen LogP contribution >= 0.6 is 0 Å². The van der Waals surface area contributed by atoms with E-state index in [9.17, 15) is 22.0 Å². The number of para-hydroxylation sites is 1. The molecule has 0 saturated carbocycles. The number of halogens is 5. The van der Waals surface area contributed by atoms with Crippen LogP contribution in [0.15, 0.2) is 24.3 Å². The molecule has 1 aromatic carbocycles. The summed E-state index contributed by atoms with van der Waals surface area (Å²) >= 11 is 0. The van der Waals surface area contributed by atoms with Crippen LogP contribution in [0.5, 0.6) is 0 Å². The van der Waals surface area contributed by atoms with E-state index in [0.717, 1.165) is 0 Å². The van der Waals surface area contributed by atoms with Crippen molar-refractivity contribution in [1.29, 1.82) is 0 Å². The van der Waals surface area contributed by atoms with Gasteiger partial charge >= 0.3 is 12.1 Å². The van der Waals surface area contributed by atoms with Crippen LogP contribution in [0.3, 0.4) is 0 Å². The normalized spacial score (nSPS) is 12.9. The number of nitrogen functional groups attached to an aromatic ring is 1. The third kappa shape index (κ3) is 1.83. The highest BCUT2D eigenvalue weighted by Crippen LogP contribution is 2.42. The van der Waals surface area contributed by atoms with E-state index in [1.807, 2.05) is 0 Å². The number of nitrogens with two attached hydrogens (primary N) is 1. The summed E-state index contributed by atoms with van der Waals surface area (Å²) in [6, 6.07) is 5.71. The zero-order valence-corrected chi connectivity index (χ0v) is 8.67. The summed E-state index contributed by atoms with van der Waals surface area (Å²) in [4.78, 5) is 6.25. The van der Waals surface area contributed by atoms with Crippen molar-refractivity contribution in [2.24, 2.45) is 0 Å². The lowest BCUT2D eigenvalue weighted by Crippen LogP contribution is -2.35. The van der Waals surface area contributed by atoms with Gasteiger partial charge in [-0.3, -0.25) is 0 Å². The van der Waals surface area contributed by atoms with Crippen molar-refractivity contribution in [3.05, 3.63) is 30.1 Å². The van der Waals surface area contributed by atoms with Gasteiger partial charge in [-0.2, -0.15) is 22.0 Å². The molecule has 0 aliphatic rings. The highest BCUT2D eigenvalue weighted by Gasteiger charge is 2.61. The summed E-state index contributed by atoms with van der Waals surface area (Å²) in [6.45, 7) is 0. The third-order valence-electron chi connectivity index (χ3n) is 2.27. The lowest BCUT2D eigenvalue weighted by atomic mass is 10.2. The molecule has 2 aromatic rings. The molecule has 96 valence electrons. The Balaban J connectivity index is 2.67. The molecule has 0 atom stereocenters. The van der Waals surface area contributed by atoms with Gasteiger partial charge in [0.1, 0.15) is 5.82 Å². The van der Waals surface area contributed by atoms with Crippen LogP contribution in [0, 0.1) is 0 Å². The molecule has 0 saturated heterocycles. The molecule has 0 aliphatic carbocycles. The molecule has 1 aromatic heterocycles. The zero-order valence-electron chi connectivity index (χ0n) is 8.67. The average Bonchev–Trinajstić information content (AvgIpc) is 2.27. The molecule has 2 rings (SSSR count). The maximum atomic E-state index is 13.1. The minimum absolute atomic E-state index is 0.0658. The van der Waals surface area contributed by atoms with Crippen LogP contribution in [-0.2, 0) is 5.92 Å². The summed E-state index contributed by atoms with van der Waals surface area (Å²) in [5, 5.41) is 0.222. The highest BCUT2D eigenvalue weighted by atomic mass is 19.4. The summed E-state index contributed by atoms with van der Waals surface area (Å²) in [7, 11) is 0. The predicted molar refractivity (Wildman–Crippen MR) is 53.9 cm³/mol. The van der Waals surface area contributed by atoms with E-state index < -0.39 is 23.7 Å². The van der Waals surface area contributed by atoms with E-state index in [4.69, 9.17) is 5.73 Å². The fourth-order valence-electron chi connectivity index (χ4n) is 1.37. The van der Waals surface area contributed by atoms with Gasteiger partial charge in [0, 0.05) is 5.39 Å². The van der Waals surface area contributed by atoms with Gasteiger partial charge in [-0.15, -0.1) is 0 Å². The molecule has 0 unspecified atom stereocenters. The topological polar surface area (TPSA) is 51.8 Å². The first kappa shape index (κ1) is 12.5. The molecule has 0 bridgehead atoms. The molecular formula is C10H6F5N3. The number of nitrogens with zero attached hydrogens (tertiary/aromatic N) is 2. The number of hydrogen-bond acceptors (Lipinski definition) is 3. The van der Waals surface area contributed by atoms with Gasteiger partial charge in [0.25, 0.3) is 0 Å². The maximum Gasteiger partial charge on any atom is 0.461 e. The Labute approximate surface area is 97.4 Å². The molecular weight excluding hydrogens is 257 g/mol. The van der Waals surface area contributed by atoms with E-state index in [1.165, 1.54) is 18.2 Å². The van der Waals surface area contributed by atoms with Gasteiger partial charge in [-0.25, -0.2) is 9.97 Å². The van der Waals surface area contributed by atoms with E-state index >= 15 is 0 Å². The zero-order chi connectivity index (χ0) is 13.6. The van der Waals surface area contributed by atoms with Crippen LogP contribution in [0.1, 0.15) is 5.82 Å². The summed E-state index contributed by atoms with van der Waals surface area (Å²) < 4.78 is 62.7. The van der Waals surface area contributed by atoms with Crippen molar-refractivity contribution in [2.45, 2.75) is 12.1 Å². The maximum absolute atomic E-state index is 13.1. The van der Waals surface area contributed by atoms with Crippen molar-refractivity contribution in [3.8, 4) is 0 Å². The van der Waals surface area contributed by atoms with E-state index in [1.54, 1.807) is 6.07 Å². The van der Waals surface area contributed by atoms with Crippen LogP contribution in [0.25, 0.3) is 10.9 Å². The lowest BCUT2D eigenvalue weighted by Gasteiger charge is -2.18. The molecule has 3 nitrogen and oxygen atoms in total. The van der Waals surface area contributed by atoms with Gasteiger partial charge in [-0.05, 0) is 12.1 Å². The number of rotatable bonds is 1. The largest absolute Gasteiger partial charge is 0.461 e. The van der Waals surface area contributed by atoms with Crippen molar-refractivity contribution in [1.82, 2.24) is 9.97 Å². The Bertz CT molecular complexity index is 594. The van der Waals surface area contributed by atoms with Crippen molar-refractivity contribution < 1.29 is 22.0 Å². The second-order valence-electron chi connectivity index (χ2n) is 3.52. The van der Waals surface area contributed by atoms with Crippen molar-refractivity contribution in [2.75, 3.05) is 5.73 Å². The van der Waals surface area contributed by atoms with Crippen LogP contribution in [-0.4, -0.2) is 16.1 Å². The molecule has 1 heterocycles. The molecule has 0 amide bonds. The van der Waals surface area contributed by atoms with Crippen molar-refractivity contribution in [3.63, 3.8) is 0 Å². The lowest BCUT2D eigenvalue weighted by molar-refractivity contribution is -0.292. The second kappa shape index (κ2) is 3.76. The quantitative estimate of drug-likeness (QED) is 0.805.